The van der Waals surface area contributed by atoms with E-state index in [1.165, 1.54) is 0 Å². The van der Waals surface area contributed by atoms with Gasteiger partial charge in [-0.25, -0.2) is 0 Å². The molecule has 1 aromatic carbocycles. The van der Waals surface area contributed by atoms with Crippen molar-refractivity contribution in [3.8, 4) is 0 Å². The van der Waals surface area contributed by atoms with Gasteiger partial charge in [-0.1, -0.05) is 24.3 Å². The van der Waals surface area contributed by atoms with Crippen molar-refractivity contribution in [3.05, 3.63) is 54.6 Å². The van der Waals surface area contributed by atoms with Gasteiger partial charge in [-0.3, -0.25) is 14.4 Å². The van der Waals surface area contributed by atoms with E-state index in [-0.39, 0.29) is 31.6 Å². The zero-order chi connectivity index (χ0) is 26.7. The minimum absolute atomic E-state index is 0.00286. The van der Waals surface area contributed by atoms with E-state index in [9.17, 15) is 19.5 Å². The minimum Gasteiger partial charge on any atom is -0.465 e. The maximum absolute atomic E-state index is 14.4. The second-order valence-corrected chi connectivity index (χ2v) is 10.3. The van der Waals surface area contributed by atoms with Crippen LogP contribution in [-0.2, 0) is 23.9 Å². The topological polar surface area (TPSA) is 96.4 Å². The van der Waals surface area contributed by atoms with E-state index >= 15 is 0 Å². The molecule has 3 heterocycles. The second-order valence-electron chi connectivity index (χ2n) is 10.3. The number of anilines is 1. The third-order valence-corrected chi connectivity index (χ3v) is 7.91. The van der Waals surface area contributed by atoms with Gasteiger partial charge in [0.15, 0.2) is 0 Å². The number of aliphatic hydroxyl groups excluding tert-OH is 1. The Bertz CT molecular complexity index is 1070. The fraction of sp³-hybridized carbons (Fsp3) is 0.552. The lowest BCUT2D eigenvalue weighted by molar-refractivity contribution is -0.155. The van der Waals surface area contributed by atoms with E-state index in [2.05, 4.69) is 13.2 Å². The molecular weight excluding hydrogens is 472 g/mol. The van der Waals surface area contributed by atoms with Crippen molar-refractivity contribution in [1.29, 1.82) is 0 Å². The molecule has 1 N–H and O–H groups in total. The van der Waals surface area contributed by atoms with Crippen molar-refractivity contribution in [2.24, 2.45) is 11.8 Å². The number of aryl methyl sites for hydroxylation is 2. The number of hydrogen-bond acceptors (Lipinski definition) is 6. The molecule has 3 saturated heterocycles. The van der Waals surface area contributed by atoms with Gasteiger partial charge < -0.3 is 24.4 Å². The number of unbranched alkanes of at least 4 members (excludes halogenated alkanes) is 1. The van der Waals surface area contributed by atoms with Gasteiger partial charge in [0.2, 0.25) is 5.91 Å². The fourth-order valence-corrected chi connectivity index (χ4v) is 6.27. The molecule has 5 atom stereocenters. The summed E-state index contributed by atoms with van der Waals surface area (Å²) in [6.07, 6.45) is 5.57. The number of amides is 2. The highest BCUT2D eigenvalue weighted by Crippen LogP contribution is 2.59. The molecule has 2 amide bonds. The molecule has 8 heteroatoms. The number of carbonyl (C=O) groups is 3. The first-order valence-corrected chi connectivity index (χ1v) is 13.2. The van der Waals surface area contributed by atoms with Crippen LogP contribution in [0, 0.1) is 25.7 Å². The number of fused-ring (bicyclic) bond motifs is 1. The average Bonchev–Trinajstić information content (AvgIpc) is 3.52. The first-order valence-electron chi connectivity index (χ1n) is 13.2. The standard InChI is InChI=1S/C29H38N2O6/c1-5-7-17-36-28(35)23-22-12-13-29(37-22)24(23)26(33)31(15-8-9-16-32)25(29)27(34)30(14-6-2)21-18-19(3)10-11-20(21)4/h5-6,10-11,18,22-25,32H,1-2,7-9,12-17H2,3-4H3/t22-,23+,24+,25?,29?/m1/s1. The van der Waals surface area contributed by atoms with Gasteiger partial charge in [0.1, 0.15) is 11.6 Å². The van der Waals surface area contributed by atoms with E-state index in [1.807, 2.05) is 32.0 Å². The molecule has 4 rings (SSSR count). The predicted octanol–water partition coefficient (Wildman–Crippen LogP) is 3.09. The fourth-order valence-electron chi connectivity index (χ4n) is 6.27. The first-order chi connectivity index (χ1) is 17.8. The highest BCUT2D eigenvalue weighted by Gasteiger charge is 2.75. The van der Waals surface area contributed by atoms with E-state index in [0.717, 1.165) is 16.8 Å². The summed E-state index contributed by atoms with van der Waals surface area (Å²) < 4.78 is 12.0. The van der Waals surface area contributed by atoms with Crippen molar-refractivity contribution in [3.63, 3.8) is 0 Å². The summed E-state index contributed by atoms with van der Waals surface area (Å²) in [4.78, 5) is 44.8. The van der Waals surface area contributed by atoms with Crippen LogP contribution in [0.25, 0.3) is 0 Å². The lowest BCUT2D eigenvalue weighted by Crippen LogP contribution is -2.56. The average molecular weight is 511 g/mol. The smallest absolute Gasteiger partial charge is 0.312 e. The summed E-state index contributed by atoms with van der Waals surface area (Å²) in [6.45, 7) is 12.2. The Labute approximate surface area is 218 Å². The number of aliphatic hydroxyl groups is 1. The van der Waals surface area contributed by atoms with Crippen LogP contribution in [0.15, 0.2) is 43.5 Å². The van der Waals surface area contributed by atoms with Gasteiger partial charge in [0.05, 0.1) is 24.5 Å². The molecule has 8 nitrogen and oxygen atoms in total. The lowest BCUT2D eigenvalue weighted by atomic mass is 9.70. The number of likely N-dealkylation sites (tertiary alicyclic amines) is 1. The van der Waals surface area contributed by atoms with Gasteiger partial charge in [0.25, 0.3) is 5.91 Å². The van der Waals surface area contributed by atoms with Gasteiger partial charge in [0, 0.05) is 25.4 Å². The van der Waals surface area contributed by atoms with Crippen LogP contribution >= 0.6 is 0 Å². The molecule has 37 heavy (non-hydrogen) atoms. The predicted molar refractivity (Wildman–Crippen MR) is 140 cm³/mol. The largest absolute Gasteiger partial charge is 0.465 e. The van der Waals surface area contributed by atoms with E-state index in [1.54, 1.807) is 22.0 Å². The lowest BCUT2D eigenvalue weighted by Gasteiger charge is -2.37. The molecule has 200 valence electrons. The highest BCUT2D eigenvalue weighted by atomic mass is 16.6. The molecule has 1 spiro atoms. The molecule has 2 bridgehead atoms. The molecule has 3 aliphatic rings. The van der Waals surface area contributed by atoms with Crippen LogP contribution in [0.1, 0.15) is 43.2 Å². The van der Waals surface area contributed by atoms with Gasteiger partial charge >= 0.3 is 5.97 Å². The minimum atomic E-state index is -1.09. The summed E-state index contributed by atoms with van der Waals surface area (Å²) in [5.41, 5.74) is 1.63. The summed E-state index contributed by atoms with van der Waals surface area (Å²) in [5.74, 6) is -2.45. The normalized spacial score (nSPS) is 27.8. The molecular formula is C29H38N2O6. The van der Waals surface area contributed by atoms with Crippen molar-refractivity contribution in [2.45, 2.75) is 63.7 Å². The Morgan fingerprint density at radius 2 is 2.05 bits per heavy atom. The number of benzene rings is 1. The Balaban J connectivity index is 1.73. The monoisotopic (exact) mass is 510 g/mol. The quantitative estimate of drug-likeness (QED) is 0.264. The maximum atomic E-state index is 14.4. The van der Waals surface area contributed by atoms with Crippen LogP contribution < -0.4 is 4.90 Å². The molecule has 0 aliphatic carbocycles. The van der Waals surface area contributed by atoms with Crippen molar-refractivity contribution >= 4 is 23.5 Å². The highest BCUT2D eigenvalue weighted by molar-refractivity contribution is 6.05. The van der Waals surface area contributed by atoms with Crippen LogP contribution in [0.5, 0.6) is 0 Å². The van der Waals surface area contributed by atoms with Crippen molar-refractivity contribution < 1.29 is 29.0 Å². The van der Waals surface area contributed by atoms with Crippen LogP contribution in [0.2, 0.25) is 0 Å². The number of ether oxygens (including phenoxy) is 2. The maximum Gasteiger partial charge on any atom is 0.312 e. The van der Waals surface area contributed by atoms with Crippen LogP contribution in [0.4, 0.5) is 5.69 Å². The first kappa shape index (κ1) is 27.1. The summed E-state index contributed by atoms with van der Waals surface area (Å²) in [7, 11) is 0. The number of hydrogen-bond donors (Lipinski definition) is 1. The molecule has 2 unspecified atom stereocenters. The summed E-state index contributed by atoms with van der Waals surface area (Å²) in [6, 6.07) is 5.06. The van der Waals surface area contributed by atoms with Gasteiger partial charge in [-0.05, 0) is 63.1 Å². The molecule has 3 fully saturated rings. The molecule has 0 radical (unpaired) electrons. The van der Waals surface area contributed by atoms with E-state index in [0.29, 0.717) is 38.6 Å². The third-order valence-electron chi connectivity index (χ3n) is 7.91. The second kappa shape index (κ2) is 11.2. The number of carbonyl (C=O) groups excluding carboxylic acids is 3. The van der Waals surface area contributed by atoms with Gasteiger partial charge in [-0.15, -0.1) is 13.2 Å². The Morgan fingerprint density at radius 1 is 1.27 bits per heavy atom. The number of nitrogens with zero attached hydrogens (tertiary/aromatic N) is 2. The zero-order valence-corrected chi connectivity index (χ0v) is 21.9. The Morgan fingerprint density at radius 3 is 2.76 bits per heavy atom. The Hall–Kier alpha value is -2.97. The summed E-state index contributed by atoms with van der Waals surface area (Å²) in [5, 5.41) is 9.34. The molecule has 0 aromatic heterocycles. The molecule has 3 aliphatic heterocycles. The van der Waals surface area contributed by atoms with Gasteiger partial charge in [-0.2, -0.15) is 0 Å². The Kier molecular flexibility index (Phi) is 8.19. The SMILES string of the molecule is C=CCCOC(=O)[C@@H]1[C@H]2C(=O)N(CCCCO)C(C(=O)N(CC=C)c3cc(C)ccc3C)C23CC[C@H]1O3. The summed E-state index contributed by atoms with van der Waals surface area (Å²) >= 11 is 0. The molecule has 0 saturated carbocycles. The van der Waals surface area contributed by atoms with Crippen LogP contribution in [0.3, 0.4) is 0 Å². The third kappa shape index (κ3) is 4.73. The van der Waals surface area contributed by atoms with Crippen LogP contribution in [-0.4, -0.2) is 71.8 Å². The van der Waals surface area contributed by atoms with Crippen molar-refractivity contribution in [2.75, 3.05) is 31.2 Å². The number of esters is 1. The number of rotatable bonds is 12. The van der Waals surface area contributed by atoms with E-state index < -0.39 is 35.6 Å². The zero-order valence-electron chi connectivity index (χ0n) is 21.9. The van der Waals surface area contributed by atoms with E-state index in [4.69, 9.17) is 9.47 Å². The molecule has 1 aromatic rings. The van der Waals surface area contributed by atoms with Crippen molar-refractivity contribution in [1.82, 2.24) is 4.90 Å².